The predicted molar refractivity (Wildman–Crippen MR) is 129 cm³/mol. The molecule has 4 aromatic rings. The third kappa shape index (κ3) is 4.20. The number of amides is 1. The lowest BCUT2D eigenvalue weighted by Crippen LogP contribution is -2.36. The highest BCUT2D eigenvalue weighted by atomic mass is 16.5. The number of nitrogens with zero attached hydrogens (tertiary/aromatic N) is 2. The van der Waals surface area contributed by atoms with Gasteiger partial charge in [-0.15, -0.1) is 0 Å². The number of aromatic nitrogens is 1. The zero-order valence-electron chi connectivity index (χ0n) is 18.0. The summed E-state index contributed by atoms with van der Waals surface area (Å²) in [5.41, 5.74) is 6.16. The molecule has 0 atom stereocenters. The number of benzene rings is 3. The van der Waals surface area contributed by atoms with Crippen LogP contribution in [0.25, 0.3) is 22.2 Å². The third-order valence-corrected chi connectivity index (χ3v) is 5.76. The molecule has 1 fully saturated rings. The molecule has 1 aromatic heterocycles. The average molecular weight is 424 g/mol. The van der Waals surface area contributed by atoms with E-state index in [-0.39, 0.29) is 5.91 Å². The van der Waals surface area contributed by atoms with Gasteiger partial charge in [0.15, 0.2) is 0 Å². The molecule has 0 aliphatic carbocycles. The van der Waals surface area contributed by atoms with Crippen LogP contribution < -0.4 is 10.2 Å². The molecule has 3 aromatic carbocycles. The number of hydrogen-bond acceptors (Lipinski definition) is 4. The topological polar surface area (TPSA) is 54.5 Å². The number of fused-ring (bicyclic) bond motifs is 1. The van der Waals surface area contributed by atoms with Gasteiger partial charge in [0.05, 0.1) is 30.0 Å². The van der Waals surface area contributed by atoms with Gasteiger partial charge >= 0.3 is 0 Å². The minimum absolute atomic E-state index is 0.140. The molecule has 0 bridgehead atoms. The molecule has 0 radical (unpaired) electrons. The number of pyridine rings is 1. The molecule has 0 unspecified atom stereocenters. The molecule has 0 spiro atoms. The summed E-state index contributed by atoms with van der Waals surface area (Å²) >= 11 is 0. The number of morpholine rings is 1. The molecular weight excluding hydrogens is 398 g/mol. The fourth-order valence-electron chi connectivity index (χ4n) is 4.08. The lowest BCUT2D eigenvalue weighted by molar-refractivity contribution is 0.102. The summed E-state index contributed by atoms with van der Waals surface area (Å²) in [6.07, 6.45) is 0. The van der Waals surface area contributed by atoms with E-state index in [9.17, 15) is 4.79 Å². The highest BCUT2D eigenvalue weighted by molar-refractivity contribution is 6.13. The standard InChI is InChI=1S/C27H25N3O2/c1-19-10-11-25-23(16-19)24(18-26(29-25)20-6-3-2-4-7-20)27(31)28-21-8-5-9-22(17-21)30-12-14-32-15-13-30/h2-11,16-18H,12-15H2,1H3,(H,28,31). The van der Waals surface area contributed by atoms with Gasteiger partial charge in [0, 0.05) is 35.4 Å². The number of aryl methyl sites for hydroxylation is 1. The minimum atomic E-state index is -0.140. The predicted octanol–water partition coefficient (Wildman–Crippen LogP) is 5.30. The summed E-state index contributed by atoms with van der Waals surface area (Å²) in [6, 6.07) is 25.9. The van der Waals surface area contributed by atoms with Crippen molar-refractivity contribution in [1.29, 1.82) is 0 Å². The summed E-state index contributed by atoms with van der Waals surface area (Å²) in [5.74, 6) is -0.140. The zero-order chi connectivity index (χ0) is 21.9. The third-order valence-electron chi connectivity index (χ3n) is 5.76. The maximum Gasteiger partial charge on any atom is 0.256 e. The molecule has 5 heteroatoms. The second-order valence-electron chi connectivity index (χ2n) is 8.05. The van der Waals surface area contributed by atoms with E-state index in [1.54, 1.807) is 0 Å². The van der Waals surface area contributed by atoms with Crippen LogP contribution in [0.1, 0.15) is 15.9 Å². The van der Waals surface area contributed by atoms with Crippen LogP contribution in [0.15, 0.2) is 78.9 Å². The van der Waals surface area contributed by atoms with Crippen molar-refractivity contribution >= 4 is 28.2 Å². The van der Waals surface area contributed by atoms with Crippen molar-refractivity contribution in [2.75, 3.05) is 36.5 Å². The molecule has 1 saturated heterocycles. The number of hydrogen-bond donors (Lipinski definition) is 1. The number of carbonyl (C=O) groups is 1. The van der Waals surface area contributed by atoms with E-state index >= 15 is 0 Å². The van der Waals surface area contributed by atoms with Crippen molar-refractivity contribution in [2.45, 2.75) is 6.92 Å². The van der Waals surface area contributed by atoms with Gasteiger partial charge in [-0.25, -0.2) is 4.98 Å². The van der Waals surface area contributed by atoms with E-state index in [4.69, 9.17) is 9.72 Å². The Bertz CT molecular complexity index is 1260. The number of ether oxygens (including phenoxy) is 1. The van der Waals surface area contributed by atoms with Gasteiger partial charge in [0.2, 0.25) is 0 Å². The highest BCUT2D eigenvalue weighted by Crippen LogP contribution is 2.27. The summed E-state index contributed by atoms with van der Waals surface area (Å²) in [4.78, 5) is 20.5. The molecule has 1 aliphatic rings. The van der Waals surface area contributed by atoms with Crippen molar-refractivity contribution < 1.29 is 9.53 Å². The van der Waals surface area contributed by atoms with Crippen LogP contribution in [0.5, 0.6) is 0 Å². The Kier molecular flexibility index (Phi) is 5.57. The number of carbonyl (C=O) groups excluding carboxylic acids is 1. The maximum atomic E-state index is 13.4. The van der Waals surface area contributed by atoms with Crippen LogP contribution in [-0.4, -0.2) is 37.2 Å². The van der Waals surface area contributed by atoms with Gasteiger partial charge in [-0.05, 0) is 43.3 Å². The van der Waals surface area contributed by atoms with Crippen molar-refractivity contribution in [3.63, 3.8) is 0 Å². The van der Waals surface area contributed by atoms with Crippen LogP contribution in [0.4, 0.5) is 11.4 Å². The summed E-state index contributed by atoms with van der Waals surface area (Å²) in [5, 5.41) is 3.96. The molecule has 2 heterocycles. The van der Waals surface area contributed by atoms with E-state index in [1.807, 2.05) is 79.7 Å². The van der Waals surface area contributed by atoms with Gasteiger partial charge in [0.1, 0.15) is 0 Å². The molecule has 32 heavy (non-hydrogen) atoms. The van der Waals surface area contributed by atoms with Gasteiger partial charge in [-0.1, -0.05) is 48.0 Å². The lowest BCUT2D eigenvalue weighted by Gasteiger charge is -2.29. The van der Waals surface area contributed by atoms with Crippen LogP contribution in [-0.2, 0) is 4.74 Å². The van der Waals surface area contributed by atoms with E-state index in [1.165, 1.54) is 0 Å². The smallest absolute Gasteiger partial charge is 0.256 e. The molecule has 5 rings (SSSR count). The molecule has 160 valence electrons. The maximum absolute atomic E-state index is 13.4. The molecular formula is C27H25N3O2. The molecule has 1 amide bonds. The number of rotatable bonds is 4. The average Bonchev–Trinajstić information content (AvgIpc) is 2.84. The van der Waals surface area contributed by atoms with Crippen LogP contribution >= 0.6 is 0 Å². The Balaban J connectivity index is 1.51. The molecule has 1 N–H and O–H groups in total. The molecule has 1 aliphatic heterocycles. The van der Waals surface area contributed by atoms with Crippen molar-refractivity contribution in [3.8, 4) is 11.3 Å². The van der Waals surface area contributed by atoms with Crippen LogP contribution in [0.2, 0.25) is 0 Å². The van der Waals surface area contributed by atoms with Crippen molar-refractivity contribution in [1.82, 2.24) is 4.98 Å². The van der Waals surface area contributed by atoms with E-state index < -0.39 is 0 Å². The van der Waals surface area contributed by atoms with Gasteiger partial charge < -0.3 is 15.0 Å². The summed E-state index contributed by atoms with van der Waals surface area (Å²) in [6.45, 7) is 5.18. The van der Waals surface area contributed by atoms with Crippen molar-refractivity contribution in [3.05, 3.63) is 90.0 Å². The Morgan fingerprint density at radius 1 is 0.938 bits per heavy atom. The Morgan fingerprint density at radius 3 is 2.56 bits per heavy atom. The Morgan fingerprint density at radius 2 is 1.75 bits per heavy atom. The van der Waals surface area contributed by atoms with Gasteiger partial charge in [-0.3, -0.25) is 4.79 Å². The van der Waals surface area contributed by atoms with Gasteiger partial charge in [0.25, 0.3) is 5.91 Å². The summed E-state index contributed by atoms with van der Waals surface area (Å²) in [7, 11) is 0. The fraction of sp³-hybridized carbons (Fsp3) is 0.185. The van der Waals surface area contributed by atoms with E-state index in [2.05, 4.69) is 16.3 Å². The largest absolute Gasteiger partial charge is 0.378 e. The fourth-order valence-corrected chi connectivity index (χ4v) is 4.08. The van der Waals surface area contributed by atoms with Crippen LogP contribution in [0.3, 0.4) is 0 Å². The molecule has 0 saturated carbocycles. The number of nitrogens with one attached hydrogen (secondary N) is 1. The Labute approximate surface area is 187 Å². The Hall–Kier alpha value is -3.70. The van der Waals surface area contributed by atoms with E-state index in [0.29, 0.717) is 5.56 Å². The second-order valence-corrected chi connectivity index (χ2v) is 8.05. The summed E-state index contributed by atoms with van der Waals surface area (Å²) < 4.78 is 5.45. The first kappa shape index (κ1) is 20.2. The van der Waals surface area contributed by atoms with Crippen molar-refractivity contribution in [2.24, 2.45) is 0 Å². The second kappa shape index (κ2) is 8.81. The number of anilines is 2. The zero-order valence-corrected chi connectivity index (χ0v) is 18.0. The lowest BCUT2D eigenvalue weighted by atomic mass is 10.0. The first-order valence-electron chi connectivity index (χ1n) is 10.9. The van der Waals surface area contributed by atoms with Crippen LogP contribution in [0, 0.1) is 6.92 Å². The highest BCUT2D eigenvalue weighted by Gasteiger charge is 2.16. The van der Waals surface area contributed by atoms with Gasteiger partial charge in [-0.2, -0.15) is 0 Å². The first-order valence-corrected chi connectivity index (χ1v) is 10.9. The van der Waals surface area contributed by atoms with E-state index in [0.717, 1.165) is 65.4 Å². The first-order chi connectivity index (χ1) is 15.7. The minimum Gasteiger partial charge on any atom is -0.378 e. The normalized spacial score (nSPS) is 13.8. The SMILES string of the molecule is Cc1ccc2nc(-c3ccccc3)cc(C(=O)Nc3cccc(N4CCOCC4)c3)c2c1. The molecule has 5 nitrogen and oxygen atoms in total. The quantitative estimate of drug-likeness (QED) is 0.484. The monoisotopic (exact) mass is 423 g/mol.